The van der Waals surface area contributed by atoms with Crippen molar-refractivity contribution < 1.29 is 5.11 Å². The smallest absolute Gasteiger partial charge is 0.0441 e. The molecule has 2 atom stereocenters. The molecule has 0 radical (unpaired) electrons. The molecular weight excluding hydrogens is 266 g/mol. The van der Waals surface area contributed by atoms with Gasteiger partial charge in [-0.05, 0) is 35.9 Å². The van der Waals surface area contributed by atoms with Gasteiger partial charge < -0.3 is 10.4 Å². The van der Waals surface area contributed by atoms with E-state index in [1.807, 2.05) is 18.8 Å². The molecule has 0 aliphatic rings. The molecule has 0 bridgehead atoms. The zero-order chi connectivity index (χ0) is 14.4. The van der Waals surface area contributed by atoms with Gasteiger partial charge in [0.05, 0.1) is 0 Å². The van der Waals surface area contributed by atoms with E-state index in [1.54, 1.807) is 0 Å². The predicted molar refractivity (Wildman–Crippen MR) is 89.4 cm³/mol. The average Bonchev–Trinajstić information content (AvgIpc) is 2.48. The van der Waals surface area contributed by atoms with Crippen LogP contribution in [0, 0.1) is 0 Å². The summed E-state index contributed by atoms with van der Waals surface area (Å²) in [5, 5.41) is 15.4. The highest BCUT2D eigenvalue weighted by molar-refractivity contribution is 7.99. The van der Waals surface area contributed by atoms with E-state index in [4.69, 9.17) is 5.11 Å². The normalized spacial score (nSPS) is 14.3. The number of nitrogens with one attached hydrogen (secondary N) is 1. The molecule has 0 saturated carbocycles. The van der Waals surface area contributed by atoms with Crippen LogP contribution in [0.4, 0.5) is 0 Å². The minimum absolute atomic E-state index is 0.272. The molecule has 2 nitrogen and oxygen atoms in total. The molecule has 2 N–H and O–H groups in total. The second-order valence-electron chi connectivity index (χ2n) is 5.10. The number of thioether (sulfide) groups is 1. The fourth-order valence-corrected chi connectivity index (χ4v) is 3.45. The molecule has 0 fully saturated rings. The fourth-order valence-electron chi connectivity index (χ4n) is 2.30. The van der Waals surface area contributed by atoms with Crippen LogP contribution in [0.1, 0.15) is 24.9 Å². The van der Waals surface area contributed by atoms with Crippen LogP contribution in [0.3, 0.4) is 0 Å². The first-order valence-corrected chi connectivity index (χ1v) is 8.18. The summed E-state index contributed by atoms with van der Waals surface area (Å²) in [6.07, 6.45) is 0.860. The van der Waals surface area contributed by atoms with E-state index in [0.717, 1.165) is 12.2 Å². The minimum atomic E-state index is 0.272. The van der Waals surface area contributed by atoms with Crippen LogP contribution in [-0.4, -0.2) is 29.8 Å². The highest BCUT2D eigenvalue weighted by Gasteiger charge is 2.12. The largest absolute Gasteiger partial charge is 0.396 e. The van der Waals surface area contributed by atoms with Gasteiger partial charge in [0.15, 0.2) is 0 Å². The zero-order valence-electron chi connectivity index (χ0n) is 12.2. The minimum Gasteiger partial charge on any atom is -0.396 e. The molecule has 3 heteroatoms. The van der Waals surface area contributed by atoms with Crippen molar-refractivity contribution in [3.63, 3.8) is 0 Å². The third-order valence-electron chi connectivity index (χ3n) is 3.61. The van der Waals surface area contributed by atoms with Crippen LogP contribution in [0.15, 0.2) is 42.5 Å². The lowest BCUT2D eigenvalue weighted by atomic mass is 10.0. The van der Waals surface area contributed by atoms with Gasteiger partial charge >= 0.3 is 0 Å². The van der Waals surface area contributed by atoms with E-state index in [9.17, 15) is 0 Å². The second kappa shape index (κ2) is 7.67. The Labute approximate surface area is 125 Å². The number of hydrogen-bond acceptors (Lipinski definition) is 3. The fraction of sp³-hybridized carbons (Fsp3) is 0.412. The van der Waals surface area contributed by atoms with Crippen LogP contribution in [-0.2, 0) is 0 Å². The number of benzene rings is 2. The molecule has 0 aliphatic carbocycles. The Hall–Kier alpha value is -1.03. The molecular formula is C17H23NOS. The topological polar surface area (TPSA) is 32.3 Å². The Bertz CT molecular complexity index is 543. The number of hydrogen-bond donors (Lipinski definition) is 2. The Morgan fingerprint density at radius 3 is 2.60 bits per heavy atom. The molecule has 2 unspecified atom stereocenters. The summed E-state index contributed by atoms with van der Waals surface area (Å²) >= 11 is 1.91. The van der Waals surface area contributed by atoms with Gasteiger partial charge in [-0.1, -0.05) is 43.3 Å². The molecule has 0 aliphatic heterocycles. The van der Waals surface area contributed by atoms with Gasteiger partial charge in [0.1, 0.15) is 0 Å². The summed E-state index contributed by atoms with van der Waals surface area (Å²) in [7, 11) is 2.01. The Kier molecular flexibility index (Phi) is 5.89. The van der Waals surface area contributed by atoms with Crippen molar-refractivity contribution in [2.45, 2.75) is 24.6 Å². The van der Waals surface area contributed by atoms with Crippen molar-refractivity contribution in [2.75, 3.05) is 19.4 Å². The molecule has 2 aromatic carbocycles. The third kappa shape index (κ3) is 3.98. The number of aliphatic hydroxyl groups is 1. The van der Waals surface area contributed by atoms with E-state index >= 15 is 0 Å². The van der Waals surface area contributed by atoms with Crippen LogP contribution < -0.4 is 5.32 Å². The van der Waals surface area contributed by atoms with Crippen molar-refractivity contribution in [2.24, 2.45) is 0 Å². The number of aliphatic hydroxyl groups excluding tert-OH is 1. The highest BCUT2D eigenvalue weighted by atomic mass is 32.2. The van der Waals surface area contributed by atoms with Crippen LogP contribution in [0.5, 0.6) is 0 Å². The molecule has 2 rings (SSSR count). The lowest BCUT2D eigenvalue weighted by molar-refractivity contribution is 0.289. The van der Waals surface area contributed by atoms with Crippen molar-refractivity contribution >= 4 is 22.5 Å². The van der Waals surface area contributed by atoms with Crippen molar-refractivity contribution in [3.05, 3.63) is 48.0 Å². The van der Waals surface area contributed by atoms with Gasteiger partial charge in [-0.15, -0.1) is 0 Å². The molecule has 108 valence electrons. The van der Waals surface area contributed by atoms with E-state index < -0.39 is 0 Å². The molecule has 20 heavy (non-hydrogen) atoms. The van der Waals surface area contributed by atoms with Crippen LogP contribution >= 0.6 is 11.8 Å². The predicted octanol–water partition coefficient (Wildman–Crippen LogP) is 3.60. The number of fused-ring (bicyclic) bond motifs is 1. The molecule has 0 amide bonds. The molecule has 0 saturated heterocycles. The average molecular weight is 289 g/mol. The first-order chi connectivity index (χ1) is 9.74. The van der Waals surface area contributed by atoms with Crippen LogP contribution in [0.2, 0.25) is 0 Å². The van der Waals surface area contributed by atoms with Gasteiger partial charge in [0.2, 0.25) is 0 Å². The Morgan fingerprint density at radius 1 is 1.15 bits per heavy atom. The highest BCUT2D eigenvalue weighted by Crippen LogP contribution is 2.25. The molecule has 0 aromatic heterocycles. The standard InChI is InChI=1S/C17H23NOS/c1-13(9-10-19)20-12-17(18-2)16-8-7-14-5-3-4-6-15(14)11-16/h3-8,11,13,17-19H,9-10,12H2,1-2H3. The first-order valence-electron chi connectivity index (χ1n) is 7.13. The quantitative estimate of drug-likeness (QED) is 0.817. The molecule has 0 heterocycles. The number of rotatable bonds is 7. The summed E-state index contributed by atoms with van der Waals surface area (Å²) < 4.78 is 0. The second-order valence-corrected chi connectivity index (χ2v) is 6.58. The summed E-state index contributed by atoms with van der Waals surface area (Å²) in [5.41, 5.74) is 1.33. The Balaban J connectivity index is 2.08. The maximum Gasteiger partial charge on any atom is 0.0441 e. The lowest BCUT2D eigenvalue weighted by Crippen LogP contribution is -2.20. The van der Waals surface area contributed by atoms with Crippen molar-refractivity contribution in [1.29, 1.82) is 0 Å². The summed E-state index contributed by atoms with van der Waals surface area (Å²) in [6.45, 7) is 2.45. The summed E-state index contributed by atoms with van der Waals surface area (Å²) in [4.78, 5) is 0. The lowest BCUT2D eigenvalue weighted by Gasteiger charge is -2.19. The van der Waals surface area contributed by atoms with E-state index in [1.165, 1.54) is 16.3 Å². The van der Waals surface area contributed by atoms with Gasteiger partial charge in [-0.3, -0.25) is 0 Å². The maximum atomic E-state index is 8.97. The van der Waals surface area contributed by atoms with Crippen LogP contribution in [0.25, 0.3) is 10.8 Å². The first kappa shape index (κ1) is 15.4. The summed E-state index contributed by atoms with van der Waals surface area (Å²) in [5.74, 6) is 1.02. The van der Waals surface area contributed by atoms with Crippen molar-refractivity contribution in [1.82, 2.24) is 5.32 Å². The monoisotopic (exact) mass is 289 g/mol. The maximum absolute atomic E-state index is 8.97. The van der Waals surface area contributed by atoms with Gasteiger partial charge in [-0.2, -0.15) is 11.8 Å². The van der Waals surface area contributed by atoms with Crippen molar-refractivity contribution in [3.8, 4) is 0 Å². The van der Waals surface area contributed by atoms with E-state index in [2.05, 4.69) is 54.7 Å². The third-order valence-corrected chi connectivity index (χ3v) is 4.94. The molecule has 2 aromatic rings. The SMILES string of the molecule is CNC(CSC(C)CCO)c1ccc2ccccc2c1. The van der Waals surface area contributed by atoms with Gasteiger partial charge in [-0.25, -0.2) is 0 Å². The van der Waals surface area contributed by atoms with E-state index in [0.29, 0.717) is 11.3 Å². The zero-order valence-corrected chi connectivity index (χ0v) is 13.0. The Morgan fingerprint density at radius 2 is 1.90 bits per heavy atom. The van der Waals surface area contributed by atoms with Gasteiger partial charge in [0.25, 0.3) is 0 Å². The molecule has 0 spiro atoms. The van der Waals surface area contributed by atoms with Gasteiger partial charge in [0, 0.05) is 23.7 Å². The summed E-state index contributed by atoms with van der Waals surface area (Å²) in [6, 6.07) is 15.5. The van der Waals surface area contributed by atoms with E-state index in [-0.39, 0.29) is 6.61 Å².